The first-order chi connectivity index (χ1) is 16.3. The van der Waals surface area contributed by atoms with Gasteiger partial charge in [0.2, 0.25) is 0 Å². The Hall–Kier alpha value is -3.82. The van der Waals surface area contributed by atoms with Crippen molar-refractivity contribution in [1.29, 1.82) is 0 Å². The molecule has 12 nitrogen and oxygen atoms in total. The van der Waals surface area contributed by atoms with Gasteiger partial charge in [0.1, 0.15) is 10.1 Å². The van der Waals surface area contributed by atoms with Gasteiger partial charge in [0, 0.05) is 29.3 Å². The largest absolute Gasteiger partial charge is 0.480 e. The number of nitro benzene ring substituents is 1. The van der Waals surface area contributed by atoms with Crippen molar-refractivity contribution in [2.24, 2.45) is 4.99 Å². The summed E-state index contributed by atoms with van der Waals surface area (Å²) in [5.74, 6) is -0.590. The number of hydrazine groups is 1. The second-order valence-electron chi connectivity index (χ2n) is 6.77. The Morgan fingerprint density at radius 3 is 2.68 bits per heavy atom. The van der Waals surface area contributed by atoms with Crippen LogP contribution in [0.4, 0.5) is 21.9 Å². The van der Waals surface area contributed by atoms with Crippen molar-refractivity contribution in [3.05, 3.63) is 57.6 Å². The Morgan fingerprint density at radius 1 is 1.15 bits per heavy atom. The van der Waals surface area contributed by atoms with Crippen molar-refractivity contribution in [2.45, 2.75) is 6.04 Å². The lowest BCUT2D eigenvalue weighted by molar-refractivity contribution is -0.384. The van der Waals surface area contributed by atoms with E-state index in [1.165, 1.54) is 41.3 Å². The second kappa shape index (κ2) is 9.98. The average molecular weight is 518 g/mol. The van der Waals surface area contributed by atoms with E-state index in [1.807, 2.05) is 0 Å². The molecule has 1 atom stereocenters. The van der Waals surface area contributed by atoms with E-state index in [9.17, 15) is 19.7 Å². The van der Waals surface area contributed by atoms with Gasteiger partial charge in [-0.25, -0.2) is 20.0 Å². The third-order valence-electron chi connectivity index (χ3n) is 4.37. The number of nitro groups is 1. The first-order valence-electron chi connectivity index (χ1n) is 9.51. The number of hydrogen-bond donors (Lipinski definition) is 5. The molecule has 1 aliphatic rings. The molecule has 0 unspecified atom stereocenters. The van der Waals surface area contributed by atoms with Gasteiger partial charge in [-0.3, -0.25) is 20.5 Å². The van der Waals surface area contributed by atoms with Crippen LogP contribution in [-0.4, -0.2) is 49.0 Å². The molecular weight excluding hydrogens is 502 g/mol. The fourth-order valence-electron chi connectivity index (χ4n) is 2.85. The summed E-state index contributed by atoms with van der Waals surface area (Å²) in [6.45, 7) is 0. The Labute approximate surface area is 205 Å². The number of fused-ring (bicyclic) bond motifs is 1. The van der Waals surface area contributed by atoms with E-state index >= 15 is 0 Å². The van der Waals surface area contributed by atoms with Crippen LogP contribution < -0.4 is 21.5 Å². The number of aromatic nitrogens is 1. The molecule has 0 radical (unpaired) electrons. The number of urea groups is 1. The third-order valence-corrected chi connectivity index (χ3v) is 6.78. The molecule has 0 bridgehead atoms. The molecule has 3 aromatic rings. The number of thiazole rings is 1. The molecular formula is C19H15N7O5S3. The van der Waals surface area contributed by atoms with E-state index in [0.717, 1.165) is 4.70 Å². The minimum Gasteiger partial charge on any atom is -0.480 e. The topological polar surface area (TPSA) is 171 Å². The number of nitrogens with zero attached hydrogens (tertiary/aromatic N) is 3. The van der Waals surface area contributed by atoms with Crippen molar-refractivity contribution in [2.75, 3.05) is 16.4 Å². The van der Waals surface area contributed by atoms with Crippen LogP contribution in [0.3, 0.4) is 0 Å². The van der Waals surface area contributed by atoms with E-state index in [0.29, 0.717) is 32.7 Å². The molecule has 0 aliphatic carbocycles. The van der Waals surface area contributed by atoms with Gasteiger partial charge in [-0.1, -0.05) is 6.07 Å². The van der Waals surface area contributed by atoms with E-state index in [1.54, 1.807) is 24.3 Å². The maximum absolute atomic E-state index is 12.2. The fourth-order valence-corrected chi connectivity index (χ4v) is 5.12. The summed E-state index contributed by atoms with van der Waals surface area (Å²) in [7, 11) is 0. The Morgan fingerprint density at radius 2 is 1.94 bits per heavy atom. The Kier molecular flexibility index (Phi) is 6.85. The van der Waals surface area contributed by atoms with Gasteiger partial charge < -0.3 is 15.7 Å². The number of carboxylic acid groups (broad SMARTS) is 1. The summed E-state index contributed by atoms with van der Waals surface area (Å²) in [5.41, 5.74) is 6.38. The van der Waals surface area contributed by atoms with Crippen LogP contribution in [0, 0.1) is 10.1 Å². The lowest BCUT2D eigenvalue weighted by Gasteiger charge is -2.12. The van der Waals surface area contributed by atoms with E-state index in [-0.39, 0.29) is 10.8 Å². The van der Waals surface area contributed by atoms with Crippen molar-refractivity contribution in [1.82, 2.24) is 15.8 Å². The van der Waals surface area contributed by atoms with Crippen molar-refractivity contribution in [3.63, 3.8) is 0 Å². The zero-order chi connectivity index (χ0) is 24.2. The number of thiocarbonyl (C=S) groups is 1. The quantitative estimate of drug-likeness (QED) is 0.192. The van der Waals surface area contributed by atoms with Crippen molar-refractivity contribution >= 4 is 84.8 Å². The van der Waals surface area contributed by atoms with Gasteiger partial charge in [-0.2, -0.15) is 0 Å². The number of carbonyl (C=O) groups is 2. The molecule has 0 saturated heterocycles. The fraction of sp³-hybridized carbons (Fsp3) is 0.105. The van der Waals surface area contributed by atoms with Crippen LogP contribution in [0.2, 0.25) is 0 Å². The molecule has 174 valence electrons. The monoisotopic (exact) mass is 517 g/mol. The number of aliphatic imine (C=N–C) groups is 1. The van der Waals surface area contributed by atoms with Crippen LogP contribution in [-0.2, 0) is 4.79 Å². The summed E-state index contributed by atoms with van der Waals surface area (Å²) < 4.78 is 0.797. The van der Waals surface area contributed by atoms with Crippen LogP contribution in [0.15, 0.2) is 47.5 Å². The number of aliphatic carboxylic acids is 1. The highest BCUT2D eigenvalue weighted by molar-refractivity contribution is 8.15. The lowest BCUT2D eigenvalue weighted by Crippen LogP contribution is -2.45. The first-order valence-corrected chi connectivity index (χ1v) is 11.7. The number of thioether (sulfide) groups is 1. The van der Waals surface area contributed by atoms with Gasteiger partial charge in [-0.15, -0.1) is 23.1 Å². The van der Waals surface area contributed by atoms with Crippen molar-refractivity contribution < 1.29 is 19.6 Å². The number of amides is 2. The number of carbonyl (C=O) groups excluding carboxylic acids is 1. The predicted molar refractivity (Wildman–Crippen MR) is 135 cm³/mol. The third kappa shape index (κ3) is 5.56. The number of anilines is 2. The van der Waals surface area contributed by atoms with Crippen LogP contribution in [0.25, 0.3) is 10.2 Å². The van der Waals surface area contributed by atoms with Gasteiger partial charge in [0.25, 0.3) is 5.69 Å². The molecule has 0 spiro atoms. The Bertz CT molecular complexity index is 1340. The van der Waals surface area contributed by atoms with Gasteiger partial charge in [0.05, 0.1) is 15.1 Å². The SMILES string of the molecule is O=C(NNC(=S)Nc1cccc([N+](=O)[O-])c1)Nc1ccc2nc(C3=N[C@@H](C(=O)O)CS3)sc2c1. The highest BCUT2D eigenvalue weighted by Crippen LogP contribution is 2.31. The molecule has 2 aromatic carbocycles. The molecule has 1 aliphatic heterocycles. The summed E-state index contributed by atoms with van der Waals surface area (Å²) in [4.78, 5) is 42.3. The highest BCUT2D eigenvalue weighted by Gasteiger charge is 2.26. The lowest BCUT2D eigenvalue weighted by atomic mass is 10.3. The van der Waals surface area contributed by atoms with Crippen molar-refractivity contribution in [3.8, 4) is 0 Å². The first kappa shape index (κ1) is 23.3. The second-order valence-corrected chi connectivity index (χ2v) is 9.21. The molecule has 1 aromatic heterocycles. The smallest absolute Gasteiger partial charge is 0.337 e. The van der Waals surface area contributed by atoms with Gasteiger partial charge >= 0.3 is 12.0 Å². The minimum absolute atomic E-state index is 0.0349. The number of non-ortho nitro benzene ring substituents is 1. The average Bonchev–Trinajstić information content (AvgIpc) is 3.45. The number of hydrogen-bond acceptors (Lipinski definition) is 9. The van der Waals surface area contributed by atoms with Crippen LogP contribution in [0.1, 0.15) is 5.01 Å². The summed E-state index contributed by atoms with van der Waals surface area (Å²) in [6.07, 6.45) is 0. The molecule has 5 N–H and O–H groups in total. The van der Waals surface area contributed by atoms with Crippen LogP contribution in [0.5, 0.6) is 0 Å². The van der Waals surface area contributed by atoms with E-state index in [4.69, 9.17) is 17.3 Å². The van der Waals surface area contributed by atoms with E-state index < -0.39 is 23.0 Å². The molecule has 34 heavy (non-hydrogen) atoms. The number of benzene rings is 2. The number of carboxylic acids is 1. The molecule has 15 heteroatoms. The van der Waals surface area contributed by atoms with E-state index in [2.05, 4.69) is 31.5 Å². The van der Waals surface area contributed by atoms with Gasteiger partial charge in [-0.05, 0) is 36.5 Å². The molecule has 2 amide bonds. The zero-order valence-corrected chi connectivity index (χ0v) is 19.4. The summed E-state index contributed by atoms with van der Waals surface area (Å²) in [6, 6.07) is 9.56. The maximum Gasteiger partial charge on any atom is 0.337 e. The number of nitrogens with one attached hydrogen (secondary N) is 4. The molecule has 2 heterocycles. The standard InChI is InChI=1S/C19H15N7O5S3/c27-17(28)13-8-33-15(23-13)16-22-12-5-4-10(7-14(12)34-16)20-18(29)24-25-19(32)21-9-2-1-3-11(6-9)26(30)31/h1-7,13H,8H2,(H,27,28)(H2,20,24,29)(H2,21,25,32)/t13-/m1/s1. The zero-order valence-electron chi connectivity index (χ0n) is 17.0. The molecule has 4 rings (SSSR count). The Balaban J connectivity index is 1.33. The van der Waals surface area contributed by atoms with Gasteiger partial charge in [0.15, 0.2) is 11.2 Å². The number of rotatable bonds is 5. The minimum atomic E-state index is -0.963. The molecule has 0 fully saturated rings. The predicted octanol–water partition coefficient (Wildman–Crippen LogP) is 3.17. The highest BCUT2D eigenvalue weighted by atomic mass is 32.2. The normalized spacial score (nSPS) is 14.8. The molecule has 0 saturated carbocycles. The maximum atomic E-state index is 12.2. The van der Waals surface area contributed by atoms with Crippen LogP contribution >= 0.6 is 35.3 Å². The summed E-state index contributed by atoms with van der Waals surface area (Å²) in [5, 5.41) is 26.6. The summed E-state index contributed by atoms with van der Waals surface area (Å²) >= 11 is 7.78.